The Morgan fingerprint density at radius 1 is 1.10 bits per heavy atom. The second-order valence-corrected chi connectivity index (χ2v) is 4.18. The summed E-state index contributed by atoms with van der Waals surface area (Å²) in [4.78, 5) is 21.5. The number of hydrogen-bond donors (Lipinski definition) is 3. The fraction of sp³-hybridized carbons (Fsp3) is 0.143. The minimum Gasteiger partial charge on any atom is -0.475 e. The number of nitrogens with one attached hydrogen (secondary N) is 2. The number of anilines is 2. The Morgan fingerprint density at radius 2 is 1.75 bits per heavy atom. The fourth-order valence-corrected chi connectivity index (χ4v) is 1.65. The first-order valence-corrected chi connectivity index (χ1v) is 5.98. The molecule has 1 aromatic carbocycles. The van der Waals surface area contributed by atoms with Crippen molar-refractivity contribution in [1.82, 2.24) is 0 Å². The minimum atomic E-state index is -1.09. The highest BCUT2D eigenvalue weighted by atomic mass is 16.4. The molecule has 2 aromatic rings. The summed E-state index contributed by atoms with van der Waals surface area (Å²) in [6.07, 6.45) is 0. The molecule has 1 aromatic heterocycles. The van der Waals surface area contributed by atoms with Gasteiger partial charge in [-0.1, -0.05) is 0 Å². The normalized spacial score (nSPS) is 10.1. The van der Waals surface area contributed by atoms with Crippen LogP contribution in [-0.2, 0) is 11.3 Å². The zero-order valence-electron chi connectivity index (χ0n) is 10.8. The molecule has 0 aliphatic carbocycles. The Balaban J connectivity index is 1.93. The Hall–Kier alpha value is -2.76. The topological polar surface area (TPSA) is 91.6 Å². The first-order valence-electron chi connectivity index (χ1n) is 5.98. The number of carboxylic acid groups (broad SMARTS) is 1. The van der Waals surface area contributed by atoms with Gasteiger partial charge in [-0.15, -0.1) is 0 Å². The Morgan fingerprint density at radius 3 is 2.30 bits per heavy atom. The summed E-state index contributed by atoms with van der Waals surface area (Å²) < 4.78 is 5.12. The summed E-state index contributed by atoms with van der Waals surface area (Å²) >= 11 is 0. The number of carbonyl (C=O) groups is 2. The molecule has 0 fully saturated rings. The van der Waals surface area contributed by atoms with E-state index in [1.165, 1.54) is 13.0 Å². The van der Waals surface area contributed by atoms with Crippen molar-refractivity contribution < 1.29 is 19.1 Å². The first kappa shape index (κ1) is 13.7. The lowest BCUT2D eigenvalue weighted by Gasteiger charge is -2.06. The van der Waals surface area contributed by atoms with Crippen LogP contribution in [0, 0.1) is 0 Å². The number of carboxylic acids is 1. The van der Waals surface area contributed by atoms with Crippen LogP contribution in [0.25, 0.3) is 0 Å². The second kappa shape index (κ2) is 5.92. The molecule has 0 atom stereocenters. The lowest BCUT2D eigenvalue weighted by molar-refractivity contribution is -0.114. The van der Waals surface area contributed by atoms with Gasteiger partial charge in [0.2, 0.25) is 11.7 Å². The van der Waals surface area contributed by atoms with E-state index in [9.17, 15) is 9.59 Å². The van der Waals surface area contributed by atoms with Gasteiger partial charge in [-0.2, -0.15) is 0 Å². The van der Waals surface area contributed by atoms with Crippen molar-refractivity contribution in [1.29, 1.82) is 0 Å². The number of carbonyl (C=O) groups excluding carboxylic acids is 1. The number of benzene rings is 1. The quantitative estimate of drug-likeness (QED) is 0.779. The van der Waals surface area contributed by atoms with E-state index >= 15 is 0 Å². The van der Waals surface area contributed by atoms with Crippen LogP contribution in [0.4, 0.5) is 11.4 Å². The highest BCUT2D eigenvalue weighted by Gasteiger charge is 2.08. The van der Waals surface area contributed by atoms with Crippen molar-refractivity contribution in [3.63, 3.8) is 0 Å². The maximum absolute atomic E-state index is 10.9. The van der Waals surface area contributed by atoms with Crippen LogP contribution in [-0.4, -0.2) is 17.0 Å². The highest BCUT2D eigenvalue weighted by molar-refractivity contribution is 5.88. The molecule has 0 spiro atoms. The molecule has 0 saturated heterocycles. The molecule has 0 unspecified atom stereocenters. The number of aromatic carboxylic acids is 1. The summed E-state index contributed by atoms with van der Waals surface area (Å²) in [6, 6.07) is 10.2. The van der Waals surface area contributed by atoms with Gasteiger partial charge < -0.3 is 20.2 Å². The van der Waals surface area contributed by atoms with Crippen molar-refractivity contribution in [2.75, 3.05) is 10.6 Å². The van der Waals surface area contributed by atoms with Crippen molar-refractivity contribution in [2.45, 2.75) is 13.5 Å². The average Bonchev–Trinajstić information content (AvgIpc) is 2.86. The van der Waals surface area contributed by atoms with Crippen LogP contribution in [0.1, 0.15) is 23.2 Å². The monoisotopic (exact) mass is 274 g/mol. The predicted molar refractivity (Wildman–Crippen MR) is 73.7 cm³/mol. The molecule has 104 valence electrons. The molecule has 3 N–H and O–H groups in total. The van der Waals surface area contributed by atoms with Gasteiger partial charge in [0.1, 0.15) is 5.76 Å². The van der Waals surface area contributed by atoms with E-state index in [0.29, 0.717) is 18.0 Å². The van der Waals surface area contributed by atoms with Gasteiger partial charge in [-0.05, 0) is 36.4 Å². The average molecular weight is 274 g/mol. The maximum Gasteiger partial charge on any atom is 0.371 e. The zero-order valence-corrected chi connectivity index (χ0v) is 10.8. The van der Waals surface area contributed by atoms with Gasteiger partial charge >= 0.3 is 5.97 Å². The molecule has 0 aliphatic rings. The summed E-state index contributed by atoms with van der Waals surface area (Å²) in [5.41, 5.74) is 1.56. The summed E-state index contributed by atoms with van der Waals surface area (Å²) in [7, 11) is 0. The van der Waals surface area contributed by atoms with Crippen LogP contribution < -0.4 is 10.6 Å². The fourth-order valence-electron chi connectivity index (χ4n) is 1.65. The lowest BCUT2D eigenvalue weighted by Crippen LogP contribution is -2.05. The van der Waals surface area contributed by atoms with Gasteiger partial charge in [-0.3, -0.25) is 4.79 Å². The summed E-state index contributed by atoms with van der Waals surface area (Å²) in [6.45, 7) is 1.83. The molecule has 1 heterocycles. The molecule has 0 saturated carbocycles. The van der Waals surface area contributed by atoms with Gasteiger partial charge in [0.05, 0.1) is 6.54 Å². The molecule has 20 heavy (non-hydrogen) atoms. The third kappa shape index (κ3) is 3.61. The van der Waals surface area contributed by atoms with Crippen LogP contribution >= 0.6 is 0 Å². The molecular formula is C14H14N2O4. The molecule has 0 radical (unpaired) electrons. The Kier molecular flexibility index (Phi) is 4.05. The van der Waals surface area contributed by atoms with Gasteiger partial charge in [0.15, 0.2) is 0 Å². The first-order chi connectivity index (χ1) is 9.54. The van der Waals surface area contributed by atoms with Crippen molar-refractivity contribution in [2.24, 2.45) is 0 Å². The third-order valence-electron chi connectivity index (χ3n) is 2.54. The number of furan rings is 1. The Bertz CT molecular complexity index is 616. The SMILES string of the molecule is CC(=O)Nc1ccc(NCc2ccc(C(=O)O)o2)cc1. The van der Waals surface area contributed by atoms with Gasteiger partial charge in [0, 0.05) is 18.3 Å². The standard InChI is InChI=1S/C14H14N2O4/c1-9(17)16-11-4-2-10(3-5-11)15-8-12-6-7-13(20-12)14(18)19/h2-7,15H,8H2,1H3,(H,16,17)(H,18,19). The number of hydrogen-bond acceptors (Lipinski definition) is 4. The van der Waals surface area contributed by atoms with E-state index in [0.717, 1.165) is 5.69 Å². The molecule has 0 aliphatic heterocycles. The lowest BCUT2D eigenvalue weighted by atomic mass is 10.2. The summed E-state index contributed by atoms with van der Waals surface area (Å²) in [5, 5.41) is 14.5. The predicted octanol–water partition coefficient (Wildman–Crippen LogP) is 2.55. The van der Waals surface area contributed by atoms with Gasteiger partial charge in [0.25, 0.3) is 0 Å². The maximum atomic E-state index is 10.9. The zero-order chi connectivity index (χ0) is 14.5. The van der Waals surface area contributed by atoms with E-state index in [1.807, 2.05) is 12.1 Å². The van der Waals surface area contributed by atoms with Crippen LogP contribution in [0.15, 0.2) is 40.8 Å². The van der Waals surface area contributed by atoms with Crippen LogP contribution in [0.2, 0.25) is 0 Å². The van der Waals surface area contributed by atoms with E-state index in [4.69, 9.17) is 9.52 Å². The summed E-state index contributed by atoms with van der Waals surface area (Å²) in [5.74, 6) is -0.755. The third-order valence-corrected chi connectivity index (χ3v) is 2.54. The van der Waals surface area contributed by atoms with E-state index in [2.05, 4.69) is 10.6 Å². The smallest absolute Gasteiger partial charge is 0.371 e. The van der Waals surface area contributed by atoms with E-state index in [1.54, 1.807) is 18.2 Å². The van der Waals surface area contributed by atoms with E-state index in [-0.39, 0.29) is 11.7 Å². The Labute approximate surface area is 115 Å². The van der Waals surface area contributed by atoms with Gasteiger partial charge in [-0.25, -0.2) is 4.79 Å². The molecule has 6 nitrogen and oxygen atoms in total. The number of amides is 1. The highest BCUT2D eigenvalue weighted by Crippen LogP contribution is 2.15. The van der Waals surface area contributed by atoms with Crippen molar-refractivity contribution in [3.8, 4) is 0 Å². The molecule has 6 heteroatoms. The minimum absolute atomic E-state index is 0.0807. The van der Waals surface area contributed by atoms with Crippen LogP contribution in [0.5, 0.6) is 0 Å². The van der Waals surface area contributed by atoms with Crippen molar-refractivity contribution >= 4 is 23.3 Å². The largest absolute Gasteiger partial charge is 0.475 e. The number of rotatable bonds is 5. The van der Waals surface area contributed by atoms with Crippen molar-refractivity contribution in [3.05, 3.63) is 47.9 Å². The van der Waals surface area contributed by atoms with Crippen LogP contribution in [0.3, 0.4) is 0 Å². The molecular weight excluding hydrogens is 260 g/mol. The molecule has 1 amide bonds. The van der Waals surface area contributed by atoms with E-state index < -0.39 is 5.97 Å². The molecule has 2 rings (SSSR count). The molecule has 0 bridgehead atoms. The second-order valence-electron chi connectivity index (χ2n) is 4.18.